The largest absolute Gasteiger partial charge is 0.350 e. The van der Waals surface area contributed by atoms with Crippen molar-refractivity contribution in [2.24, 2.45) is 0 Å². The summed E-state index contributed by atoms with van der Waals surface area (Å²) in [6.45, 7) is 1.42. The molecular weight excluding hydrogens is 334 g/mol. The Hall–Kier alpha value is -1.40. The molecule has 1 heterocycles. The minimum atomic E-state index is -0.177. The van der Waals surface area contributed by atoms with Gasteiger partial charge in [-0.2, -0.15) is 0 Å². The van der Waals surface area contributed by atoms with E-state index in [4.69, 9.17) is 0 Å². The molecule has 5 nitrogen and oxygen atoms in total. The average Bonchev–Trinajstić information content (AvgIpc) is 2.89. The van der Waals surface area contributed by atoms with Crippen LogP contribution >= 0.6 is 15.9 Å². The lowest BCUT2D eigenvalue weighted by molar-refractivity contribution is -0.128. The summed E-state index contributed by atoms with van der Waals surface area (Å²) in [6.07, 6.45) is 1.89. The number of nitrogens with one attached hydrogen (secondary N) is 2. The van der Waals surface area contributed by atoms with Crippen LogP contribution in [0.15, 0.2) is 28.7 Å². The maximum Gasteiger partial charge on any atom is 0.239 e. The van der Waals surface area contributed by atoms with Crippen molar-refractivity contribution in [3.63, 3.8) is 0 Å². The summed E-state index contributed by atoms with van der Waals surface area (Å²) >= 11 is 3.39. The summed E-state index contributed by atoms with van der Waals surface area (Å²) in [5.74, 6) is -0.239. The summed E-state index contributed by atoms with van der Waals surface area (Å²) < 4.78 is 0.979. The molecule has 1 unspecified atom stereocenters. The third kappa shape index (κ3) is 4.82. The molecule has 0 saturated carbocycles. The van der Waals surface area contributed by atoms with Gasteiger partial charge in [0.15, 0.2) is 0 Å². The van der Waals surface area contributed by atoms with Crippen LogP contribution < -0.4 is 10.6 Å². The van der Waals surface area contributed by atoms with Gasteiger partial charge in [0.25, 0.3) is 0 Å². The number of likely N-dealkylation sites (tertiary alicyclic amines) is 1. The molecule has 1 atom stereocenters. The highest BCUT2D eigenvalue weighted by atomic mass is 79.9. The maximum atomic E-state index is 11.9. The fraction of sp³-hybridized carbons (Fsp3) is 0.467. The second kappa shape index (κ2) is 7.56. The molecule has 1 aromatic carbocycles. The Bertz CT molecular complexity index is 521. The SMILES string of the molecule is CN1CCCC1C(=O)NCC(=O)NCc1cccc(Br)c1. The Balaban J connectivity index is 1.71. The summed E-state index contributed by atoms with van der Waals surface area (Å²) in [7, 11) is 1.94. The molecule has 1 fully saturated rings. The van der Waals surface area contributed by atoms with Gasteiger partial charge in [0.2, 0.25) is 11.8 Å². The summed E-state index contributed by atoms with van der Waals surface area (Å²) in [5, 5.41) is 5.50. The monoisotopic (exact) mass is 353 g/mol. The van der Waals surface area contributed by atoms with Gasteiger partial charge in [-0.1, -0.05) is 28.1 Å². The van der Waals surface area contributed by atoms with Crippen LogP contribution in [0.25, 0.3) is 0 Å². The van der Waals surface area contributed by atoms with Crippen molar-refractivity contribution in [1.29, 1.82) is 0 Å². The zero-order valence-corrected chi connectivity index (χ0v) is 13.6. The molecule has 2 N–H and O–H groups in total. The van der Waals surface area contributed by atoms with Crippen LogP contribution in [0.3, 0.4) is 0 Å². The van der Waals surface area contributed by atoms with Crippen LogP contribution in [0.5, 0.6) is 0 Å². The standard InChI is InChI=1S/C15H20BrN3O2/c1-19-7-3-6-13(19)15(21)18-10-14(20)17-9-11-4-2-5-12(16)8-11/h2,4-5,8,13H,3,6-7,9-10H2,1H3,(H,17,20)(H,18,21). The van der Waals surface area contributed by atoms with Crippen LogP contribution in [0.2, 0.25) is 0 Å². The molecule has 1 aliphatic rings. The molecule has 1 aliphatic heterocycles. The van der Waals surface area contributed by atoms with Crippen molar-refractivity contribution in [3.8, 4) is 0 Å². The van der Waals surface area contributed by atoms with Crippen molar-refractivity contribution in [1.82, 2.24) is 15.5 Å². The summed E-state index contributed by atoms with van der Waals surface area (Å²) in [4.78, 5) is 25.7. The first-order valence-corrected chi connectivity index (χ1v) is 7.84. The van der Waals surface area contributed by atoms with E-state index >= 15 is 0 Å². The number of nitrogens with zero attached hydrogens (tertiary/aromatic N) is 1. The van der Waals surface area contributed by atoms with E-state index in [2.05, 4.69) is 26.6 Å². The third-order valence-corrected chi connectivity index (χ3v) is 4.12. The number of likely N-dealkylation sites (N-methyl/N-ethyl adjacent to an activating group) is 1. The quantitative estimate of drug-likeness (QED) is 0.837. The molecule has 6 heteroatoms. The van der Waals surface area contributed by atoms with E-state index in [0.717, 1.165) is 29.4 Å². The van der Waals surface area contributed by atoms with Crippen molar-refractivity contribution in [3.05, 3.63) is 34.3 Å². The van der Waals surface area contributed by atoms with Crippen LogP contribution in [-0.4, -0.2) is 42.9 Å². The fourth-order valence-electron chi connectivity index (χ4n) is 2.44. The van der Waals surface area contributed by atoms with Crippen molar-refractivity contribution in [2.75, 3.05) is 20.1 Å². The number of rotatable bonds is 5. The highest BCUT2D eigenvalue weighted by Crippen LogP contribution is 2.14. The van der Waals surface area contributed by atoms with Gasteiger partial charge in [0.1, 0.15) is 0 Å². The molecule has 1 saturated heterocycles. The highest BCUT2D eigenvalue weighted by Gasteiger charge is 2.27. The topological polar surface area (TPSA) is 61.4 Å². The molecule has 0 spiro atoms. The Kier molecular flexibility index (Phi) is 5.76. The predicted molar refractivity (Wildman–Crippen MR) is 84.7 cm³/mol. The summed E-state index contributed by atoms with van der Waals surface area (Å²) in [5.41, 5.74) is 1.01. The van der Waals surface area contributed by atoms with E-state index in [-0.39, 0.29) is 24.4 Å². The van der Waals surface area contributed by atoms with Gasteiger partial charge >= 0.3 is 0 Å². The molecule has 114 valence electrons. The molecule has 2 rings (SSSR count). The first kappa shape index (κ1) is 16.0. The van der Waals surface area contributed by atoms with Gasteiger partial charge in [-0.05, 0) is 44.1 Å². The van der Waals surface area contributed by atoms with E-state index in [9.17, 15) is 9.59 Å². The highest BCUT2D eigenvalue weighted by molar-refractivity contribution is 9.10. The first-order chi connectivity index (χ1) is 10.1. The predicted octanol–water partition coefficient (Wildman–Crippen LogP) is 1.28. The van der Waals surface area contributed by atoms with E-state index in [0.29, 0.717) is 6.54 Å². The second-order valence-electron chi connectivity index (χ2n) is 5.26. The molecule has 2 amide bonds. The van der Waals surface area contributed by atoms with Crippen molar-refractivity contribution >= 4 is 27.7 Å². The van der Waals surface area contributed by atoms with Crippen LogP contribution in [0, 0.1) is 0 Å². The molecule has 0 bridgehead atoms. The maximum absolute atomic E-state index is 11.9. The lowest BCUT2D eigenvalue weighted by atomic mass is 10.2. The molecular formula is C15H20BrN3O2. The Labute approximate surface area is 133 Å². The van der Waals surface area contributed by atoms with Crippen molar-refractivity contribution in [2.45, 2.75) is 25.4 Å². The average molecular weight is 354 g/mol. The lowest BCUT2D eigenvalue weighted by Gasteiger charge is -2.18. The normalized spacial score (nSPS) is 18.5. The zero-order valence-electron chi connectivity index (χ0n) is 12.1. The van der Waals surface area contributed by atoms with Crippen LogP contribution in [0.4, 0.5) is 0 Å². The third-order valence-electron chi connectivity index (χ3n) is 3.62. The number of hydrogen-bond acceptors (Lipinski definition) is 3. The van der Waals surface area contributed by atoms with Gasteiger partial charge in [-0.25, -0.2) is 0 Å². The van der Waals surface area contributed by atoms with Gasteiger partial charge in [0, 0.05) is 11.0 Å². The molecule has 1 aromatic rings. The zero-order chi connectivity index (χ0) is 15.2. The number of benzene rings is 1. The van der Waals surface area contributed by atoms with E-state index in [1.807, 2.05) is 36.2 Å². The van der Waals surface area contributed by atoms with E-state index in [1.165, 1.54) is 0 Å². The number of amides is 2. The number of hydrogen-bond donors (Lipinski definition) is 2. The number of carbonyl (C=O) groups excluding carboxylic acids is 2. The Morgan fingerprint density at radius 3 is 2.86 bits per heavy atom. The van der Waals surface area contributed by atoms with Crippen LogP contribution in [-0.2, 0) is 16.1 Å². The minimum Gasteiger partial charge on any atom is -0.350 e. The van der Waals surface area contributed by atoms with Gasteiger partial charge in [-0.15, -0.1) is 0 Å². The number of carbonyl (C=O) groups is 2. The smallest absolute Gasteiger partial charge is 0.239 e. The molecule has 21 heavy (non-hydrogen) atoms. The fourth-order valence-corrected chi connectivity index (χ4v) is 2.88. The molecule has 0 aromatic heterocycles. The minimum absolute atomic E-state index is 0.0250. The number of halogens is 1. The van der Waals surface area contributed by atoms with E-state index < -0.39 is 0 Å². The van der Waals surface area contributed by atoms with Crippen LogP contribution in [0.1, 0.15) is 18.4 Å². The molecule has 0 radical (unpaired) electrons. The lowest BCUT2D eigenvalue weighted by Crippen LogP contribution is -2.45. The van der Waals surface area contributed by atoms with Gasteiger partial charge in [0.05, 0.1) is 12.6 Å². The second-order valence-corrected chi connectivity index (χ2v) is 6.18. The first-order valence-electron chi connectivity index (χ1n) is 7.05. The van der Waals surface area contributed by atoms with Crippen molar-refractivity contribution < 1.29 is 9.59 Å². The molecule has 0 aliphatic carbocycles. The summed E-state index contributed by atoms with van der Waals surface area (Å²) in [6, 6.07) is 7.65. The van der Waals surface area contributed by atoms with Gasteiger partial charge < -0.3 is 10.6 Å². The van der Waals surface area contributed by atoms with Gasteiger partial charge in [-0.3, -0.25) is 14.5 Å². The van der Waals surface area contributed by atoms with E-state index in [1.54, 1.807) is 0 Å². The Morgan fingerprint density at radius 2 is 2.19 bits per heavy atom. The Morgan fingerprint density at radius 1 is 1.38 bits per heavy atom.